The van der Waals surface area contributed by atoms with Crippen molar-refractivity contribution >= 4 is 11.9 Å². The Morgan fingerprint density at radius 3 is 1.36 bits per heavy atom. The molecule has 6 nitrogen and oxygen atoms in total. The van der Waals surface area contributed by atoms with Gasteiger partial charge in [0.05, 0.1) is 25.4 Å². The number of carbonyl (C=O) groups excluding carboxylic acids is 2. The van der Waals surface area contributed by atoms with Crippen LogP contribution < -0.4 is 5.32 Å². The first kappa shape index (κ1) is 56.8. The van der Waals surface area contributed by atoms with E-state index in [9.17, 15) is 19.8 Å². The van der Waals surface area contributed by atoms with Gasteiger partial charge < -0.3 is 20.3 Å². The number of amides is 1. The summed E-state index contributed by atoms with van der Waals surface area (Å²) >= 11 is 0. The number of aliphatic hydroxyl groups is 2. The van der Waals surface area contributed by atoms with Crippen molar-refractivity contribution in [2.45, 2.75) is 264 Å². The number of unbranched alkanes of at least 4 members (excludes halogenated alkanes) is 29. The molecule has 59 heavy (non-hydrogen) atoms. The number of esters is 1. The number of aliphatic hydroxyl groups excluding tert-OH is 2. The van der Waals surface area contributed by atoms with Crippen LogP contribution in [0.1, 0.15) is 251 Å². The number of rotatable bonds is 46. The number of ether oxygens (including phenoxy) is 1. The van der Waals surface area contributed by atoms with Crippen LogP contribution in [0.25, 0.3) is 0 Å². The topological polar surface area (TPSA) is 95.9 Å². The minimum Gasteiger partial charge on any atom is -0.466 e. The molecular formula is C53H97NO5. The van der Waals surface area contributed by atoms with Crippen LogP contribution in [0, 0.1) is 0 Å². The summed E-state index contributed by atoms with van der Waals surface area (Å²) in [6.45, 7) is 4.77. The Hall–Kier alpha value is -2.18. The Balaban J connectivity index is 3.58. The Morgan fingerprint density at radius 1 is 0.475 bits per heavy atom. The molecule has 0 bridgehead atoms. The van der Waals surface area contributed by atoms with Gasteiger partial charge in [0.25, 0.3) is 0 Å². The second kappa shape index (κ2) is 48.5. The van der Waals surface area contributed by atoms with Crippen LogP contribution in [0.2, 0.25) is 0 Å². The monoisotopic (exact) mass is 828 g/mol. The fraction of sp³-hybridized carbons (Fsp3) is 0.811. The Bertz CT molecular complexity index is 1000. The quantitative estimate of drug-likeness (QED) is 0.0323. The van der Waals surface area contributed by atoms with Crippen molar-refractivity contribution in [2.24, 2.45) is 0 Å². The van der Waals surface area contributed by atoms with Crippen molar-refractivity contribution < 1.29 is 24.5 Å². The van der Waals surface area contributed by atoms with Crippen LogP contribution in [0.5, 0.6) is 0 Å². The maximum absolute atomic E-state index is 12.4. The van der Waals surface area contributed by atoms with Gasteiger partial charge in [-0.2, -0.15) is 0 Å². The highest BCUT2D eigenvalue weighted by atomic mass is 16.5. The van der Waals surface area contributed by atoms with Gasteiger partial charge in [0.1, 0.15) is 0 Å². The summed E-state index contributed by atoms with van der Waals surface area (Å²) in [5.74, 6) is -0.147. The summed E-state index contributed by atoms with van der Waals surface area (Å²) in [7, 11) is 0. The molecule has 0 aliphatic rings. The van der Waals surface area contributed by atoms with E-state index < -0.39 is 12.1 Å². The number of hydrogen-bond acceptors (Lipinski definition) is 5. The van der Waals surface area contributed by atoms with Gasteiger partial charge in [-0.05, 0) is 83.5 Å². The van der Waals surface area contributed by atoms with Gasteiger partial charge in [-0.3, -0.25) is 9.59 Å². The van der Waals surface area contributed by atoms with Gasteiger partial charge in [0.15, 0.2) is 0 Å². The van der Waals surface area contributed by atoms with Gasteiger partial charge in [0, 0.05) is 12.8 Å². The lowest BCUT2D eigenvalue weighted by Crippen LogP contribution is -2.45. The molecule has 2 atom stereocenters. The largest absolute Gasteiger partial charge is 0.466 e. The second-order valence-electron chi connectivity index (χ2n) is 17.1. The van der Waals surface area contributed by atoms with E-state index in [1.165, 1.54) is 128 Å². The molecule has 0 aliphatic heterocycles. The molecule has 0 saturated carbocycles. The van der Waals surface area contributed by atoms with Crippen LogP contribution in [0.3, 0.4) is 0 Å². The summed E-state index contributed by atoms with van der Waals surface area (Å²) in [4.78, 5) is 24.4. The molecule has 0 aromatic rings. The zero-order chi connectivity index (χ0) is 43.0. The predicted molar refractivity (Wildman–Crippen MR) is 255 cm³/mol. The number of nitrogens with one attached hydrogen (secondary N) is 1. The molecule has 344 valence electrons. The standard InChI is InChI=1S/C53H97NO5/c1-3-5-7-9-11-13-15-17-19-20-21-22-25-29-33-37-41-45-51(56)50(49-55)54-52(57)46-42-38-34-30-26-24-28-32-36-40-44-48-59-53(58)47-43-39-35-31-27-23-18-16-14-12-10-8-6-4-2/h10,12,16,18,28,32,41,45,50-51,55-56H,3-9,11,13-15,17,19-27,29-31,33-40,42-44,46-49H2,1-2H3,(H,54,57)/b12-10-,18-16-,32-28-,45-41+. The zero-order valence-electron chi connectivity index (χ0n) is 39.0. The minimum atomic E-state index is -0.864. The lowest BCUT2D eigenvalue weighted by molar-refractivity contribution is -0.143. The molecule has 1 amide bonds. The van der Waals surface area contributed by atoms with E-state index in [4.69, 9.17) is 4.74 Å². The molecule has 2 unspecified atom stereocenters. The molecule has 0 aliphatic carbocycles. The van der Waals surface area contributed by atoms with E-state index in [0.717, 1.165) is 96.3 Å². The first-order valence-electron chi connectivity index (χ1n) is 25.4. The maximum atomic E-state index is 12.4. The fourth-order valence-electron chi connectivity index (χ4n) is 7.35. The average molecular weight is 828 g/mol. The number of carbonyl (C=O) groups is 2. The van der Waals surface area contributed by atoms with E-state index >= 15 is 0 Å². The summed E-state index contributed by atoms with van der Waals surface area (Å²) in [6, 6.07) is -0.650. The highest BCUT2D eigenvalue weighted by Crippen LogP contribution is 2.15. The number of allylic oxidation sites excluding steroid dienone is 7. The van der Waals surface area contributed by atoms with Crippen molar-refractivity contribution in [1.29, 1.82) is 0 Å². The van der Waals surface area contributed by atoms with Crippen molar-refractivity contribution in [2.75, 3.05) is 13.2 Å². The van der Waals surface area contributed by atoms with Gasteiger partial charge in [-0.1, -0.05) is 204 Å². The molecule has 0 aromatic carbocycles. The maximum Gasteiger partial charge on any atom is 0.305 e. The smallest absolute Gasteiger partial charge is 0.305 e. The Morgan fingerprint density at radius 2 is 0.864 bits per heavy atom. The van der Waals surface area contributed by atoms with Crippen LogP contribution in [0.4, 0.5) is 0 Å². The van der Waals surface area contributed by atoms with E-state index in [2.05, 4.69) is 55.6 Å². The molecule has 6 heteroatoms. The van der Waals surface area contributed by atoms with Crippen LogP contribution >= 0.6 is 0 Å². The van der Waals surface area contributed by atoms with E-state index in [1.54, 1.807) is 6.08 Å². The van der Waals surface area contributed by atoms with Gasteiger partial charge in [-0.15, -0.1) is 0 Å². The first-order valence-corrected chi connectivity index (χ1v) is 25.4. The second-order valence-corrected chi connectivity index (χ2v) is 17.1. The van der Waals surface area contributed by atoms with Gasteiger partial charge >= 0.3 is 5.97 Å². The fourth-order valence-corrected chi connectivity index (χ4v) is 7.35. The Kier molecular flexibility index (Phi) is 46.7. The van der Waals surface area contributed by atoms with Crippen molar-refractivity contribution in [3.63, 3.8) is 0 Å². The molecule has 3 N–H and O–H groups in total. The van der Waals surface area contributed by atoms with Gasteiger partial charge in [0.2, 0.25) is 5.91 Å². The van der Waals surface area contributed by atoms with Crippen molar-refractivity contribution in [1.82, 2.24) is 5.32 Å². The molecule has 0 aromatic heterocycles. The normalized spacial score (nSPS) is 13.1. The summed E-state index contributed by atoms with van der Waals surface area (Å²) in [5, 5.41) is 23.1. The van der Waals surface area contributed by atoms with Gasteiger partial charge in [-0.25, -0.2) is 0 Å². The lowest BCUT2D eigenvalue weighted by Gasteiger charge is -2.20. The van der Waals surface area contributed by atoms with E-state index in [1.807, 2.05) is 6.08 Å². The summed E-state index contributed by atoms with van der Waals surface area (Å²) in [6.07, 6.45) is 59.6. The Labute approximate surface area is 366 Å². The van der Waals surface area contributed by atoms with Crippen LogP contribution in [-0.4, -0.2) is 47.4 Å². The predicted octanol–water partition coefficient (Wildman–Crippen LogP) is 15.1. The SMILES string of the molecule is CCCC/C=C\C/C=C\CCCCCCCC(=O)OCCCC/C=C\CCCCCCCC(=O)NC(CO)C(O)/C=C/CCCCCCCCCCCCCCCCC. The zero-order valence-corrected chi connectivity index (χ0v) is 39.0. The number of hydrogen-bond donors (Lipinski definition) is 3. The van der Waals surface area contributed by atoms with E-state index in [0.29, 0.717) is 19.4 Å². The molecule has 0 heterocycles. The third-order valence-corrected chi connectivity index (χ3v) is 11.3. The van der Waals surface area contributed by atoms with Crippen molar-refractivity contribution in [3.8, 4) is 0 Å². The molecule has 0 fully saturated rings. The molecule has 0 saturated heterocycles. The third-order valence-electron chi connectivity index (χ3n) is 11.3. The van der Waals surface area contributed by atoms with Crippen LogP contribution in [0.15, 0.2) is 48.6 Å². The van der Waals surface area contributed by atoms with Crippen molar-refractivity contribution in [3.05, 3.63) is 48.6 Å². The minimum absolute atomic E-state index is 0.0484. The highest BCUT2D eigenvalue weighted by molar-refractivity contribution is 5.76. The summed E-state index contributed by atoms with van der Waals surface area (Å²) in [5.41, 5.74) is 0. The van der Waals surface area contributed by atoms with E-state index in [-0.39, 0.29) is 18.5 Å². The summed E-state index contributed by atoms with van der Waals surface area (Å²) < 4.78 is 5.42. The first-order chi connectivity index (χ1) is 29.0. The van der Waals surface area contributed by atoms with Crippen LogP contribution in [-0.2, 0) is 14.3 Å². The molecule has 0 rings (SSSR count). The molecule has 0 spiro atoms. The lowest BCUT2D eigenvalue weighted by atomic mass is 10.0. The molecule has 0 radical (unpaired) electrons. The average Bonchev–Trinajstić information content (AvgIpc) is 3.24. The molecular weight excluding hydrogens is 731 g/mol. The third kappa shape index (κ3) is 45.2. The highest BCUT2D eigenvalue weighted by Gasteiger charge is 2.18.